The molecule has 1 rings (SSSR count). The van der Waals surface area contributed by atoms with Gasteiger partial charge in [-0.05, 0) is 45.2 Å². The van der Waals surface area contributed by atoms with E-state index in [9.17, 15) is 15.0 Å². The minimum atomic E-state index is -0.699. The maximum Gasteiger partial charge on any atom is 0.309 e. The van der Waals surface area contributed by atoms with Gasteiger partial charge in [-0.3, -0.25) is 4.79 Å². The van der Waals surface area contributed by atoms with Crippen LogP contribution in [0.4, 0.5) is 0 Å². The van der Waals surface area contributed by atoms with E-state index in [1.807, 2.05) is 27.7 Å². The Morgan fingerprint density at radius 3 is 2.22 bits per heavy atom. The van der Waals surface area contributed by atoms with E-state index in [1.165, 1.54) is 0 Å². The van der Waals surface area contributed by atoms with Gasteiger partial charge in [-0.2, -0.15) is 0 Å². The zero-order valence-corrected chi connectivity index (χ0v) is 12.1. The van der Waals surface area contributed by atoms with E-state index in [0.29, 0.717) is 25.8 Å². The van der Waals surface area contributed by atoms with Crippen LogP contribution in [0.2, 0.25) is 0 Å². The van der Waals surface area contributed by atoms with Crippen LogP contribution in [0.1, 0.15) is 47.0 Å². The first-order valence-electron chi connectivity index (χ1n) is 6.91. The zero-order chi connectivity index (χ0) is 14.0. The molecule has 0 aliphatic carbocycles. The Morgan fingerprint density at radius 1 is 1.39 bits per heavy atom. The maximum atomic E-state index is 11.3. The van der Waals surface area contributed by atoms with Gasteiger partial charge < -0.3 is 15.1 Å². The Bertz CT molecular complexity index is 291. The highest BCUT2D eigenvalue weighted by Gasteiger charge is 2.41. The van der Waals surface area contributed by atoms with Crippen molar-refractivity contribution >= 4 is 5.97 Å². The van der Waals surface area contributed by atoms with E-state index in [0.717, 1.165) is 13.1 Å². The summed E-state index contributed by atoms with van der Waals surface area (Å²) in [5.41, 5.74) is -1.24. The first kappa shape index (κ1) is 15.4. The van der Waals surface area contributed by atoms with Crippen molar-refractivity contribution in [2.75, 3.05) is 19.6 Å². The first-order valence-corrected chi connectivity index (χ1v) is 6.91. The van der Waals surface area contributed by atoms with Gasteiger partial charge >= 0.3 is 5.97 Å². The third-order valence-corrected chi connectivity index (χ3v) is 4.73. The fourth-order valence-corrected chi connectivity index (χ4v) is 2.49. The molecular formula is C14H27NO3. The van der Waals surface area contributed by atoms with Crippen LogP contribution in [0.5, 0.6) is 0 Å². The summed E-state index contributed by atoms with van der Waals surface area (Å²) in [4.78, 5) is 13.5. The van der Waals surface area contributed by atoms with Crippen LogP contribution in [0.3, 0.4) is 0 Å². The maximum absolute atomic E-state index is 11.3. The molecule has 2 N–H and O–H groups in total. The number of carboxylic acids is 1. The van der Waals surface area contributed by atoms with Crippen molar-refractivity contribution in [3.05, 3.63) is 0 Å². The molecule has 1 heterocycles. The fourth-order valence-electron chi connectivity index (χ4n) is 2.49. The molecule has 1 unspecified atom stereocenters. The lowest BCUT2D eigenvalue weighted by atomic mass is 9.76. The second-order valence-electron chi connectivity index (χ2n) is 6.23. The summed E-state index contributed by atoms with van der Waals surface area (Å²) in [7, 11) is 0. The molecule has 18 heavy (non-hydrogen) atoms. The van der Waals surface area contributed by atoms with E-state index in [-0.39, 0.29) is 5.92 Å². The highest BCUT2D eigenvalue weighted by molar-refractivity contribution is 5.74. The lowest BCUT2D eigenvalue weighted by molar-refractivity contribution is -0.153. The van der Waals surface area contributed by atoms with Gasteiger partial charge in [0.2, 0.25) is 0 Å². The molecule has 4 heteroatoms. The Hall–Kier alpha value is -0.610. The lowest BCUT2D eigenvalue weighted by Gasteiger charge is -2.41. The predicted molar refractivity (Wildman–Crippen MR) is 71.5 cm³/mol. The number of rotatable bonds is 5. The quantitative estimate of drug-likeness (QED) is 0.790. The van der Waals surface area contributed by atoms with Crippen molar-refractivity contribution in [2.45, 2.75) is 52.6 Å². The summed E-state index contributed by atoms with van der Waals surface area (Å²) in [5.74, 6) is -0.463. The van der Waals surface area contributed by atoms with Crippen LogP contribution in [0.15, 0.2) is 0 Å². The molecule has 0 aromatic rings. The number of aliphatic carboxylic acids is 1. The number of likely N-dealkylation sites (tertiary alicyclic amines) is 1. The van der Waals surface area contributed by atoms with Gasteiger partial charge in [-0.15, -0.1) is 0 Å². The molecular weight excluding hydrogens is 230 g/mol. The van der Waals surface area contributed by atoms with Gasteiger partial charge in [0.1, 0.15) is 0 Å². The Morgan fingerprint density at radius 2 is 1.89 bits per heavy atom. The Kier molecular flexibility index (Phi) is 4.78. The van der Waals surface area contributed by atoms with Crippen LogP contribution < -0.4 is 0 Å². The van der Waals surface area contributed by atoms with Crippen LogP contribution in [-0.2, 0) is 4.79 Å². The van der Waals surface area contributed by atoms with Crippen molar-refractivity contribution in [2.24, 2.45) is 11.3 Å². The van der Waals surface area contributed by atoms with Gasteiger partial charge in [-0.25, -0.2) is 0 Å². The van der Waals surface area contributed by atoms with E-state index in [1.54, 1.807) is 0 Å². The van der Waals surface area contributed by atoms with Gasteiger partial charge in [-0.1, -0.05) is 20.8 Å². The SMILES string of the molecule is CCC1(C(=O)O)CCN(CC(C)(O)C(C)C)CC1. The molecule has 4 nitrogen and oxygen atoms in total. The summed E-state index contributed by atoms with van der Waals surface area (Å²) >= 11 is 0. The van der Waals surface area contributed by atoms with Crippen molar-refractivity contribution in [1.29, 1.82) is 0 Å². The number of β-amino-alcohol motifs (C(OH)–C–C–N with tert-alkyl or cyclic N) is 1. The van der Waals surface area contributed by atoms with Gasteiger partial charge in [0, 0.05) is 6.54 Å². The lowest BCUT2D eigenvalue weighted by Crippen LogP contribution is -2.50. The smallest absolute Gasteiger partial charge is 0.309 e. The van der Waals surface area contributed by atoms with Crippen molar-refractivity contribution < 1.29 is 15.0 Å². The summed E-state index contributed by atoms with van der Waals surface area (Å²) in [5, 5.41) is 19.6. The van der Waals surface area contributed by atoms with Gasteiger partial charge in [0.25, 0.3) is 0 Å². The standard InChI is InChI=1S/C14H27NO3/c1-5-14(12(16)17)6-8-15(9-7-14)10-13(4,18)11(2)3/h11,18H,5-10H2,1-4H3,(H,16,17). The number of carbonyl (C=O) groups is 1. The molecule has 1 aliphatic rings. The van der Waals surface area contributed by atoms with E-state index >= 15 is 0 Å². The van der Waals surface area contributed by atoms with E-state index in [2.05, 4.69) is 4.90 Å². The molecule has 0 radical (unpaired) electrons. The summed E-state index contributed by atoms with van der Waals surface area (Å²) in [6.45, 7) is 10.00. The molecule has 106 valence electrons. The minimum Gasteiger partial charge on any atom is -0.481 e. The summed E-state index contributed by atoms with van der Waals surface area (Å²) in [6, 6.07) is 0. The van der Waals surface area contributed by atoms with Crippen LogP contribution in [0, 0.1) is 11.3 Å². The minimum absolute atomic E-state index is 0.204. The topological polar surface area (TPSA) is 60.8 Å². The molecule has 0 amide bonds. The number of piperidine rings is 1. The van der Waals surface area contributed by atoms with Crippen molar-refractivity contribution in [3.8, 4) is 0 Å². The van der Waals surface area contributed by atoms with Gasteiger partial charge in [0.05, 0.1) is 11.0 Å². The van der Waals surface area contributed by atoms with E-state index in [4.69, 9.17) is 0 Å². The van der Waals surface area contributed by atoms with Crippen molar-refractivity contribution in [3.63, 3.8) is 0 Å². The van der Waals surface area contributed by atoms with Crippen LogP contribution >= 0.6 is 0 Å². The van der Waals surface area contributed by atoms with Crippen LogP contribution in [-0.4, -0.2) is 46.3 Å². The molecule has 1 fully saturated rings. The predicted octanol–water partition coefficient (Wildman–Crippen LogP) is 1.97. The molecule has 1 aliphatic heterocycles. The highest BCUT2D eigenvalue weighted by Crippen LogP contribution is 2.35. The summed E-state index contributed by atoms with van der Waals surface area (Å²) in [6.07, 6.45) is 2.07. The highest BCUT2D eigenvalue weighted by atomic mass is 16.4. The number of aliphatic hydroxyl groups is 1. The third kappa shape index (κ3) is 3.23. The monoisotopic (exact) mass is 257 g/mol. The van der Waals surface area contributed by atoms with Crippen LogP contribution in [0.25, 0.3) is 0 Å². The molecule has 0 bridgehead atoms. The number of nitrogens with zero attached hydrogens (tertiary/aromatic N) is 1. The zero-order valence-electron chi connectivity index (χ0n) is 12.1. The largest absolute Gasteiger partial charge is 0.481 e. The van der Waals surface area contributed by atoms with Gasteiger partial charge in [0.15, 0.2) is 0 Å². The third-order valence-electron chi connectivity index (χ3n) is 4.73. The fraction of sp³-hybridized carbons (Fsp3) is 0.929. The molecule has 1 saturated heterocycles. The number of hydrogen-bond donors (Lipinski definition) is 2. The average molecular weight is 257 g/mol. The normalized spacial score (nSPS) is 23.9. The second kappa shape index (κ2) is 5.57. The molecule has 0 aromatic heterocycles. The van der Waals surface area contributed by atoms with Crippen molar-refractivity contribution in [1.82, 2.24) is 4.90 Å². The molecule has 1 atom stereocenters. The molecule has 0 spiro atoms. The molecule has 0 aromatic carbocycles. The molecule has 0 saturated carbocycles. The second-order valence-corrected chi connectivity index (χ2v) is 6.23. The van der Waals surface area contributed by atoms with E-state index < -0.39 is 17.0 Å². The Balaban J connectivity index is 2.57. The first-order chi connectivity index (χ1) is 8.23. The average Bonchev–Trinajstić information content (AvgIpc) is 2.29. The number of hydrogen-bond acceptors (Lipinski definition) is 3. The number of carboxylic acid groups (broad SMARTS) is 1. The summed E-state index contributed by atoms with van der Waals surface area (Å²) < 4.78 is 0. The Labute approximate surface area is 110 Å².